The highest BCUT2D eigenvalue weighted by atomic mass is 32.2. The second kappa shape index (κ2) is 7.52. The second-order valence-electron chi connectivity index (χ2n) is 4.79. The zero-order chi connectivity index (χ0) is 15.3. The van der Waals surface area contributed by atoms with Crippen LogP contribution in [-0.2, 0) is 19.1 Å². The highest BCUT2D eigenvalue weighted by Crippen LogP contribution is 2.22. The van der Waals surface area contributed by atoms with Gasteiger partial charge in [-0.2, -0.15) is 11.8 Å². The summed E-state index contributed by atoms with van der Waals surface area (Å²) in [7, 11) is 0. The lowest BCUT2D eigenvalue weighted by atomic mass is 9.94. The van der Waals surface area contributed by atoms with Gasteiger partial charge in [-0.25, -0.2) is 4.79 Å². The summed E-state index contributed by atoms with van der Waals surface area (Å²) in [6.07, 6.45) is 0. The monoisotopic (exact) mass is 303 g/mol. The third-order valence-corrected chi connectivity index (χ3v) is 4.52. The Morgan fingerprint density at radius 2 is 2.00 bits per heavy atom. The zero-order valence-electron chi connectivity index (χ0n) is 12.0. The average Bonchev–Trinajstić information content (AvgIpc) is 2.45. The molecule has 7 heteroatoms. The number of thioether (sulfide) groups is 1. The number of carboxylic acids is 1. The van der Waals surface area contributed by atoms with Crippen molar-refractivity contribution in [3.05, 3.63) is 0 Å². The molecule has 1 amide bonds. The first-order chi connectivity index (χ1) is 9.40. The van der Waals surface area contributed by atoms with E-state index in [1.165, 1.54) is 11.8 Å². The average molecular weight is 303 g/mol. The van der Waals surface area contributed by atoms with Crippen molar-refractivity contribution in [2.75, 3.05) is 24.7 Å². The first kappa shape index (κ1) is 16.8. The minimum atomic E-state index is -1.01. The predicted octanol–water partition coefficient (Wildman–Crippen LogP) is 0.850. The number of amides is 1. The molecule has 1 rings (SSSR count). The van der Waals surface area contributed by atoms with Crippen molar-refractivity contribution in [2.24, 2.45) is 11.8 Å². The Bertz CT molecular complexity index is 387. The number of rotatable bonds is 5. The number of carboxylic acid groups (broad SMARTS) is 1. The van der Waals surface area contributed by atoms with Gasteiger partial charge in [0.1, 0.15) is 6.04 Å². The lowest BCUT2D eigenvalue weighted by Gasteiger charge is -2.36. The quantitative estimate of drug-likeness (QED) is 0.758. The molecule has 1 fully saturated rings. The van der Waals surface area contributed by atoms with Crippen LogP contribution in [0.2, 0.25) is 0 Å². The van der Waals surface area contributed by atoms with Gasteiger partial charge in [-0.1, -0.05) is 13.8 Å². The zero-order valence-corrected chi connectivity index (χ0v) is 12.8. The van der Waals surface area contributed by atoms with E-state index in [0.717, 1.165) is 5.75 Å². The van der Waals surface area contributed by atoms with E-state index in [-0.39, 0.29) is 12.5 Å². The van der Waals surface area contributed by atoms with Gasteiger partial charge in [-0.3, -0.25) is 9.59 Å². The summed E-state index contributed by atoms with van der Waals surface area (Å²) >= 11 is 1.59. The SMILES string of the molecule is CCOC(=O)C1CSCCN1C(=O)C(C)C(C)C(=O)O. The molecule has 0 aliphatic carbocycles. The van der Waals surface area contributed by atoms with E-state index in [1.54, 1.807) is 25.6 Å². The van der Waals surface area contributed by atoms with Crippen LogP contribution >= 0.6 is 11.8 Å². The van der Waals surface area contributed by atoms with Crippen molar-refractivity contribution < 1.29 is 24.2 Å². The van der Waals surface area contributed by atoms with Gasteiger partial charge in [-0.05, 0) is 6.92 Å². The molecule has 114 valence electrons. The summed E-state index contributed by atoms with van der Waals surface area (Å²) in [6.45, 7) is 5.52. The third kappa shape index (κ3) is 3.88. The molecule has 3 unspecified atom stereocenters. The molecule has 3 atom stereocenters. The largest absolute Gasteiger partial charge is 0.481 e. The normalized spacial score (nSPS) is 21.9. The Balaban J connectivity index is 2.81. The lowest BCUT2D eigenvalue weighted by molar-refractivity contribution is -0.157. The molecule has 0 aromatic carbocycles. The van der Waals surface area contributed by atoms with E-state index in [2.05, 4.69) is 0 Å². The fraction of sp³-hybridized carbons (Fsp3) is 0.769. The Hall–Kier alpha value is -1.24. The Morgan fingerprint density at radius 1 is 1.35 bits per heavy atom. The molecule has 0 spiro atoms. The smallest absolute Gasteiger partial charge is 0.329 e. The predicted molar refractivity (Wildman–Crippen MR) is 75.4 cm³/mol. The van der Waals surface area contributed by atoms with Crippen LogP contribution in [0, 0.1) is 11.8 Å². The van der Waals surface area contributed by atoms with Crippen LogP contribution in [0.15, 0.2) is 0 Å². The van der Waals surface area contributed by atoms with Crippen molar-refractivity contribution >= 4 is 29.6 Å². The van der Waals surface area contributed by atoms with Gasteiger partial charge in [0.05, 0.1) is 12.5 Å². The van der Waals surface area contributed by atoms with Gasteiger partial charge in [0.2, 0.25) is 5.91 Å². The van der Waals surface area contributed by atoms with Crippen molar-refractivity contribution in [2.45, 2.75) is 26.8 Å². The summed E-state index contributed by atoms with van der Waals surface area (Å²) in [5.41, 5.74) is 0. The summed E-state index contributed by atoms with van der Waals surface area (Å²) in [5, 5.41) is 8.99. The molecule has 6 nitrogen and oxygen atoms in total. The van der Waals surface area contributed by atoms with Gasteiger partial charge in [0.15, 0.2) is 0 Å². The molecule has 0 radical (unpaired) electrons. The van der Waals surface area contributed by atoms with Gasteiger partial charge < -0.3 is 14.7 Å². The molecule has 0 aromatic rings. The highest BCUT2D eigenvalue weighted by Gasteiger charge is 2.37. The number of aliphatic carboxylic acids is 1. The van der Waals surface area contributed by atoms with Gasteiger partial charge in [-0.15, -0.1) is 0 Å². The summed E-state index contributed by atoms with van der Waals surface area (Å²) < 4.78 is 4.99. The molecule has 1 heterocycles. The standard InChI is InChI=1S/C13H21NO5S/c1-4-19-13(18)10-7-20-6-5-14(10)11(15)8(2)9(3)12(16)17/h8-10H,4-7H2,1-3H3,(H,16,17). The van der Waals surface area contributed by atoms with E-state index >= 15 is 0 Å². The molecule has 0 bridgehead atoms. The van der Waals surface area contributed by atoms with Crippen molar-refractivity contribution in [3.8, 4) is 0 Å². The number of carbonyl (C=O) groups excluding carboxylic acids is 2. The number of hydrogen-bond donors (Lipinski definition) is 1. The molecule has 1 saturated heterocycles. The molecule has 1 aliphatic heterocycles. The van der Waals surface area contributed by atoms with E-state index in [4.69, 9.17) is 9.84 Å². The Morgan fingerprint density at radius 3 is 2.55 bits per heavy atom. The van der Waals surface area contributed by atoms with Crippen molar-refractivity contribution in [3.63, 3.8) is 0 Å². The Labute approximate surface area is 122 Å². The fourth-order valence-electron chi connectivity index (χ4n) is 1.99. The maximum atomic E-state index is 12.4. The molecule has 0 aromatic heterocycles. The molecule has 20 heavy (non-hydrogen) atoms. The first-order valence-electron chi connectivity index (χ1n) is 6.67. The van der Waals surface area contributed by atoms with E-state index in [0.29, 0.717) is 12.3 Å². The Kier molecular flexibility index (Phi) is 6.32. The second-order valence-corrected chi connectivity index (χ2v) is 5.94. The van der Waals surface area contributed by atoms with Crippen LogP contribution in [-0.4, -0.2) is 58.6 Å². The maximum absolute atomic E-state index is 12.4. The van der Waals surface area contributed by atoms with Crippen LogP contribution in [0.5, 0.6) is 0 Å². The first-order valence-corrected chi connectivity index (χ1v) is 7.83. The summed E-state index contributed by atoms with van der Waals surface area (Å²) in [5.74, 6) is -1.91. The van der Waals surface area contributed by atoms with Gasteiger partial charge in [0, 0.05) is 24.0 Å². The van der Waals surface area contributed by atoms with Crippen LogP contribution < -0.4 is 0 Å². The van der Waals surface area contributed by atoms with Crippen molar-refractivity contribution in [1.29, 1.82) is 0 Å². The van der Waals surface area contributed by atoms with Gasteiger partial charge in [0.25, 0.3) is 0 Å². The highest BCUT2D eigenvalue weighted by molar-refractivity contribution is 7.99. The minimum absolute atomic E-state index is 0.267. The molecular formula is C13H21NO5S. The lowest BCUT2D eigenvalue weighted by Crippen LogP contribution is -2.53. The number of ether oxygens (including phenoxy) is 1. The number of nitrogens with zero attached hydrogens (tertiary/aromatic N) is 1. The number of hydrogen-bond acceptors (Lipinski definition) is 5. The summed E-state index contributed by atoms with van der Waals surface area (Å²) in [4.78, 5) is 36.8. The number of esters is 1. The van der Waals surface area contributed by atoms with E-state index in [1.807, 2.05) is 0 Å². The van der Waals surface area contributed by atoms with Crippen molar-refractivity contribution in [1.82, 2.24) is 4.90 Å². The minimum Gasteiger partial charge on any atom is -0.481 e. The molecule has 1 N–H and O–H groups in total. The molecule has 0 saturated carbocycles. The van der Waals surface area contributed by atoms with Crippen LogP contribution in [0.25, 0.3) is 0 Å². The van der Waals surface area contributed by atoms with E-state index < -0.39 is 29.8 Å². The van der Waals surface area contributed by atoms with E-state index in [9.17, 15) is 14.4 Å². The molecule has 1 aliphatic rings. The topological polar surface area (TPSA) is 83.9 Å². The molecular weight excluding hydrogens is 282 g/mol. The van der Waals surface area contributed by atoms with Crippen LogP contribution in [0.4, 0.5) is 0 Å². The van der Waals surface area contributed by atoms with Gasteiger partial charge >= 0.3 is 11.9 Å². The fourth-order valence-corrected chi connectivity index (χ4v) is 3.02. The van der Waals surface area contributed by atoms with Crippen LogP contribution in [0.3, 0.4) is 0 Å². The number of carbonyl (C=O) groups is 3. The maximum Gasteiger partial charge on any atom is 0.329 e. The summed E-state index contributed by atoms with van der Waals surface area (Å²) in [6, 6.07) is -0.607. The third-order valence-electron chi connectivity index (χ3n) is 3.50. The van der Waals surface area contributed by atoms with Crippen LogP contribution in [0.1, 0.15) is 20.8 Å².